The number of allylic oxidation sites excluding steroid dienone is 5. The van der Waals surface area contributed by atoms with Crippen LogP contribution in [0.5, 0.6) is 0 Å². The van der Waals surface area contributed by atoms with Crippen molar-refractivity contribution in [3.8, 4) is 0 Å². The molecule has 0 bridgehead atoms. The van der Waals surface area contributed by atoms with Crippen LogP contribution in [-0.2, 0) is 9.53 Å². The largest absolute Gasteiger partial charge is 0.478 e. The Morgan fingerprint density at radius 1 is 0.600 bits per heavy atom. The summed E-state index contributed by atoms with van der Waals surface area (Å²) < 4.78 is 5.69. The zero-order valence-corrected chi connectivity index (χ0v) is 24.7. The average Bonchev–Trinajstić information content (AvgIpc) is 3.90. The van der Waals surface area contributed by atoms with Gasteiger partial charge in [-0.1, -0.05) is 91.0 Å². The Kier molecular flexibility index (Phi) is 7.60. The number of carbonyl (C=O) groups excluding carboxylic acids is 1. The first-order valence-corrected chi connectivity index (χ1v) is 14.9. The SMILES string of the molecule is CCOC1=N/C(=C(/c2ccccc2)c2ccc(/C(=C3\C=CC(C(=C4/C=CC(=O)N4)/c4ccccc4)=N3)c3ccccc3)[nH]2)C=C1. The van der Waals surface area contributed by atoms with Crippen LogP contribution in [0.25, 0.3) is 16.7 Å². The van der Waals surface area contributed by atoms with Crippen molar-refractivity contribution in [3.05, 3.63) is 185 Å². The zero-order chi connectivity index (χ0) is 30.6. The van der Waals surface area contributed by atoms with Crippen molar-refractivity contribution in [1.82, 2.24) is 10.3 Å². The van der Waals surface area contributed by atoms with E-state index < -0.39 is 0 Å². The topological polar surface area (TPSA) is 78.8 Å². The Hall–Kier alpha value is -6.01. The fourth-order valence-corrected chi connectivity index (χ4v) is 5.70. The molecule has 2 N–H and O–H groups in total. The first kappa shape index (κ1) is 27.8. The molecule has 0 radical (unpaired) electrons. The van der Waals surface area contributed by atoms with E-state index in [4.69, 9.17) is 14.7 Å². The number of amides is 1. The minimum atomic E-state index is -0.140. The van der Waals surface area contributed by atoms with Crippen LogP contribution in [0, 0.1) is 0 Å². The van der Waals surface area contributed by atoms with Crippen LogP contribution in [0.2, 0.25) is 0 Å². The van der Waals surface area contributed by atoms with E-state index in [0.29, 0.717) is 12.5 Å². The molecule has 6 heteroatoms. The van der Waals surface area contributed by atoms with Crippen LogP contribution in [0.1, 0.15) is 35.0 Å². The molecule has 3 aromatic carbocycles. The van der Waals surface area contributed by atoms with E-state index in [1.165, 1.54) is 0 Å². The average molecular weight is 587 g/mol. The number of rotatable bonds is 7. The lowest BCUT2D eigenvalue weighted by molar-refractivity contribution is -0.115. The number of aliphatic imine (C=N–C) groups is 2. The Bertz CT molecular complexity index is 2020. The lowest BCUT2D eigenvalue weighted by Crippen LogP contribution is -2.16. The Balaban J connectivity index is 1.37. The van der Waals surface area contributed by atoms with Crippen molar-refractivity contribution in [2.24, 2.45) is 9.98 Å². The van der Waals surface area contributed by atoms with Crippen molar-refractivity contribution in [2.45, 2.75) is 6.92 Å². The number of benzene rings is 3. The molecule has 7 rings (SSSR count). The zero-order valence-electron chi connectivity index (χ0n) is 24.7. The van der Waals surface area contributed by atoms with Gasteiger partial charge in [0.25, 0.3) is 0 Å². The first-order valence-electron chi connectivity index (χ1n) is 14.9. The van der Waals surface area contributed by atoms with Crippen molar-refractivity contribution in [1.29, 1.82) is 0 Å². The highest BCUT2D eigenvalue weighted by molar-refractivity contribution is 6.32. The Labute approximate surface area is 261 Å². The third kappa shape index (κ3) is 5.69. The van der Waals surface area contributed by atoms with Crippen molar-refractivity contribution < 1.29 is 9.53 Å². The number of hydrogen-bond donors (Lipinski definition) is 2. The van der Waals surface area contributed by atoms with E-state index in [9.17, 15) is 4.79 Å². The van der Waals surface area contributed by atoms with Crippen LogP contribution < -0.4 is 5.32 Å². The number of nitrogens with one attached hydrogen (secondary N) is 2. The van der Waals surface area contributed by atoms with E-state index in [1.807, 2.05) is 104 Å². The second-order valence-electron chi connectivity index (χ2n) is 10.6. The third-order valence-corrected chi connectivity index (χ3v) is 7.66. The second-order valence-corrected chi connectivity index (χ2v) is 10.6. The summed E-state index contributed by atoms with van der Waals surface area (Å²) in [4.78, 5) is 25.8. The molecule has 0 saturated heterocycles. The summed E-state index contributed by atoms with van der Waals surface area (Å²) >= 11 is 0. The van der Waals surface area contributed by atoms with Gasteiger partial charge in [0.2, 0.25) is 11.8 Å². The maximum absolute atomic E-state index is 12.1. The fourth-order valence-electron chi connectivity index (χ4n) is 5.70. The molecule has 218 valence electrons. The number of hydrogen-bond acceptors (Lipinski definition) is 4. The van der Waals surface area contributed by atoms with Crippen LogP contribution in [0.4, 0.5) is 0 Å². The fraction of sp³-hybridized carbons (Fsp3) is 0.0513. The number of aromatic nitrogens is 1. The molecule has 0 fully saturated rings. The highest BCUT2D eigenvalue weighted by Gasteiger charge is 2.23. The normalized spacial score (nSPS) is 18.6. The van der Waals surface area contributed by atoms with Gasteiger partial charge in [0.15, 0.2) is 0 Å². The molecular formula is C39H30N4O2. The Morgan fingerprint density at radius 2 is 1.13 bits per heavy atom. The van der Waals surface area contributed by atoms with Crippen LogP contribution in [0.3, 0.4) is 0 Å². The lowest BCUT2D eigenvalue weighted by Gasteiger charge is -2.12. The van der Waals surface area contributed by atoms with Crippen molar-refractivity contribution >= 4 is 34.2 Å². The monoisotopic (exact) mass is 586 g/mol. The molecule has 0 atom stereocenters. The molecule has 1 amide bonds. The maximum Gasteiger partial charge on any atom is 0.248 e. The van der Waals surface area contributed by atoms with Crippen molar-refractivity contribution in [2.75, 3.05) is 6.61 Å². The van der Waals surface area contributed by atoms with Gasteiger partial charge in [-0.05, 0) is 60.1 Å². The number of nitrogens with zero attached hydrogens (tertiary/aromatic N) is 2. The van der Waals surface area contributed by atoms with E-state index in [2.05, 4.69) is 46.7 Å². The summed E-state index contributed by atoms with van der Waals surface area (Å²) in [7, 11) is 0. The molecule has 4 heterocycles. The van der Waals surface area contributed by atoms with Crippen molar-refractivity contribution in [3.63, 3.8) is 0 Å². The molecule has 4 aromatic rings. The predicted octanol–water partition coefficient (Wildman–Crippen LogP) is 7.65. The third-order valence-electron chi connectivity index (χ3n) is 7.66. The summed E-state index contributed by atoms with van der Waals surface area (Å²) in [6.07, 6.45) is 11.3. The van der Waals surface area contributed by atoms with Crippen LogP contribution >= 0.6 is 0 Å². The highest BCUT2D eigenvalue weighted by atomic mass is 16.5. The smallest absolute Gasteiger partial charge is 0.248 e. The van der Waals surface area contributed by atoms with Gasteiger partial charge in [-0.2, -0.15) is 0 Å². The van der Waals surface area contributed by atoms with Gasteiger partial charge in [0.05, 0.1) is 29.4 Å². The number of aromatic amines is 1. The summed E-state index contributed by atoms with van der Waals surface area (Å²) in [6.45, 7) is 2.51. The second kappa shape index (κ2) is 12.3. The lowest BCUT2D eigenvalue weighted by atomic mass is 9.99. The standard InChI is InChI=1S/C39H30N4O2/c1-2-45-36-25-23-34(43-36)39(28-16-10-5-11-17-28)32-21-19-30(41-32)37(26-12-6-3-7-13-26)29-18-20-31(40-29)38(27-14-8-4-9-15-27)33-22-24-35(44)42-33/h3-25,41H,2H2,1H3,(H,42,44)/b37-29+,38-33-,39-34-. The van der Waals surface area contributed by atoms with E-state index in [-0.39, 0.29) is 5.91 Å². The molecule has 1 aromatic heterocycles. The summed E-state index contributed by atoms with van der Waals surface area (Å²) in [5, 5.41) is 2.97. The van der Waals surface area contributed by atoms with Gasteiger partial charge in [0.1, 0.15) is 0 Å². The molecule has 0 unspecified atom stereocenters. The number of H-pyrrole nitrogens is 1. The molecule has 3 aliphatic heterocycles. The van der Waals surface area contributed by atoms with Gasteiger partial charge in [-0.15, -0.1) is 0 Å². The maximum atomic E-state index is 12.1. The van der Waals surface area contributed by atoms with Gasteiger partial charge in [0, 0.05) is 40.3 Å². The van der Waals surface area contributed by atoms with Gasteiger partial charge in [-0.3, -0.25) is 4.79 Å². The molecular weight excluding hydrogens is 556 g/mol. The Morgan fingerprint density at radius 3 is 1.67 bits per heavy atom. The molecule has 6 nitrogen and oxygen atoms in total. The van der Waals surface area contributed by atoms with E-state index >= 15 is 0 Å². The highest BCUT2D eigenvalue weighted by Crippen LogP contribution is 2.36. The summed E-state index contributed by atoms with van der Waals surface area (Å²) in [5.74, 6) is 0.466. The first-order chi connectivity index (χ1) is 22.2. The molecule has 0 aliphatic carbocycles. The minimum Gasteiger partial charge on any atom is -0.478 e. The van der Waals surface area contributed by atoms with Crippen LogP contribution in [-0.4, -0.2) is 29.1 Å². The van der Waals surface area contributed by atoms with E-state index in [0.717, 1.165) is 67.6 Å². The molecule has 3 aliphatic rings. The van der Waals surface area contributed by atoms with Gasteiger partial charge < -0.3 is 15.0 Å². The molecule has 0 saturated carbocycles. The van der Waals surface area contributed by atoms with Gasteiger partial charge >= 0.3 is 0 Å². The minimum absolute atomic E-state index is 0.140. The van der Waals surface area contributed by atoms with Crippen LogP contribution in [0.15, 0.2) is 167 Å². The van der Waals surface area contributed by atoms with E-state index in [1.54, 1.807) is 6.08 Å². The quantitative estimate of drug-likeness (QED) is 0.233. The summed E-state index contributed by atoms with van der Waals surface area (Å²) in [5.41, 5.74) is 10.9. The number of carbonyl (C=O) groups is 1. The number of ether oxygens (including phenoxy) is 1. The molecule has 45 heavy (non-hydrogen) atoms. The summed E-state index contributed by atoms with van der Waals surface area (Å²) in [6, 6.07) is 34.7. The molecule has 0 spiro atoms. The van der Waals surface area contributed by atoms with Gasteiger partial charge in [-0.25, -0.2) is 9.98 Å². The predicted molar refractivity (Wildman–Crippen MR) is 181 cm³/mol.